The minimum Gasteiger partial charge on any atom is -0.146 e. The lowest BCUT2D eigenvalue weighted by atomic mass is 10.0. The van der Waals surface area contributed by atoms with Gasteiger partial charge in [-0.15, -0.1) is 22.2 Å². The molecule has 3 heteroatoms. The molecule has 0 spiro atoms. The van der Waals surface area contributed by atoms with Crippen molar-refractivity contribution in [3.05, 3.63) is 0 Å². The van der Waals surface area contributed by atoms with E-state index >= 15 is 0 Å². The Morgan fingerprint density at radius 2 is 1.91 bits per heavy atom. The van der Waals surface area contributed by atoms with Crippen molar-refractivity contribution in [3.8, 4) is 0 Å². The summed E-state index contributed by atoms with van der Waals surface area (Å²) in [6.45, 7) is 0.251. The van der Waals surface area contributed by atoms with Gasteiger partial charge in [-0.1, -0.05) is 12.8 Å². The number of fused-ring (bicyclic) bond motifs is 2. The van der Waals surface area contributed by atoms with Gasteiger partial charge in [0.15, 0.2) is 0 Å². The lowest BCUT2D eigenvalue weighted by Gasteiger charge is -2.27. The van der Waals surface area contributed by atoms with Gasteiger partial charge < -0.3 is 0 Å². The summed E-state index contributed by atoms with van der Waals surface area (Å²) in [6, 6.07) is 0. The summed E-state index contributed by atoms with van der Waals surface area (Å²) in [7, 11) is 0. The third-order valence-electron chi connectivity index (χ3n) is 3.39. The SMILES string of the molecule is C[Si](Cl)(Cl)[C@H]1C[C@H]2CC[C@@H]1C2. The Balaban J connectivity index is 2.08. The fraction of sp³-hybridized carbons (Fsp3) is 1.00. The van der Waals surface area contributed by atoms with Crippen LogP contribution >= 0.6 is 22.2 Å². The molecule has 0 saturated heterocycles. The second kappa shape index (κ2) is 2.64. The van der Waals surface area contributed by atoms with E-state index in [1.165, 1.54) is 25.7 Å². The summed E-state index contributed by atoms with van der Waals surface area (Å²) in [5, 5.41) is 0. The topological polar surface area (TPSA) is 0 Å². The molecule has 64 valence electrons. The Morgan fingerprint density at radius 1 is 1.18 bits per heavy atom. The molecule has 2 saturated carbocycles. The third kappa shape index (κ3) is 1.48. The molecule has 2 aliphatic rings. The summed E-state index contributed by atoms with van der Waals surface area (Å²) in [5.41, 5.74) is 0.713. The lowest BCUT2D eigenvalue weighted by Crippen LogP contribution is -2.26. The van der Waals surface area contributed by atoms with Gasteiger partial charge in [-0.25, -0.2) is 0 Å². The first-order valence-corrected chi connectivity index (χ1v) is 9.05. The standard InChI is InChI=1S/C8H14Cl2Si/c1-11(9,10)8-5-6-2-3-7(8)4-6/h6-8H,2-5H2,1H3/t6-,7+,8-/m0/s1. The van der Waals surface area contributed by atoms with E-state index in [1.807, 2.05) is 0 Å². The Morgan fingerprint density at radius 3 is 2.18 bits per heavy atom. The van der Waals surface area contributed by atoms with Gasteiger partial charge in [0.25, 0.3) is 6.69 Å². The maximum atomic E-state index is 6.24. The molecular weight excluding hydrogens is 195 g/mol. The van der Waals surface area contributed by atoms with Crippen molar-refractivity contribution in [1.29, 1.82) is 0 Å². The molecule has 0 aliphatic heterocycles. The molecule has 0 aromatic carbocycles. The molecule has 0 unspecified atom stereocenters. The van der Waals surface area contributed by atoms with Crippen LogP contribution in [0, 0.1) is 11.8 Å². The molecule has 0 heterocycles. The summed E-state index contributed by atoms with van der Waals surface area (Å²) in [4.78, 5) is 0. The fourth-order valence-electron chi connectivity index (χ4n) is 2.87. The normalized spacial score (nSPS) is 43.4. The average molecular weight is 209 g/mol. The van der Waals surface area contributed by atoms with Gasteiger partial charge in [0.1, 0.15) is 0 Å². The van der Waals surface area contributed by atoms with Crippen molar-refractivity contribution in [1.82, 2.24) is 0 Å². The molecule has 0 amide bonds. The van der Waals surface area contributed by atoms with E-state index < -0.39 is 6.69 Å². The molecule has 11 heavy (non-hydrogen) atoms. The average Bonchev–Trinajstić information content (AvgIpc) is 2.42. The zero-order valence-electron chi connectivity index (χ0n) is 6.82. The highest BCUT2D eigenvalue weighted by molar-refractivity contribution is 7.45. The highest BCUT2D eigenvalue weighted by atomic mass is 35.7. The first-order chi connectivity index (χ1) is 5.07. The van der Waals surface area contributed by atoms with E-state index in [9.17, 15) is 0 Å². The fourth-order valence-corrected chi connectivity index (χ4v) is 6.35. The molecule has 0 aromatic heterocycles. The second-order valence-corrected chi connectivity index (χ2v) is 12.2. The molecule has 2 bridgehead atoms. The second-order valence-electron chi connectivity index (χ2n) is 4.24. The van der Waals surface area contributed by atoms with Crippen LogP contribution in [0.5, 0.6) is 0 Å². The quantitative estimate of drug-likeness (QED) is 0.456. The highest BCUT2D eigenvalue weighted by Gasteiger charge is 2.48. The molecule has 2 rings (SSSR count). The van der Waals surface area contributed by atoms with Crippen LogP contribution in [-0.4, -0.2) is 6.69 Å². The van der Waals surface area contributed by atoms with E-state index in [1.54, 1.807) is 0 Å². The van der Waals surface area contributed by atoms with Crippen LogP contribution in [0.15, 0.2) is 0 Å². The van der Waals surface area contributed by atoms with Crippen molar-refractivity contribution >= 4 is 28.9 Å². The van der Waals surface area contributed by atoms with E-state index in [0.29, 0.717) is 5.54 Å². The van der Waals surface area contributed by atoms with Crippen LogP contribution in [0.2, 0.25) is 12.1 Å². The molecule has 0 aromatic rings. The van der Waals surface area contributed by atoms with E-state index in [2.05, 4.69) is 6.55 Å². The molecular formula is C8H14Cl2Si. The van der Waals surface area contributed by atoms with Crippen molar-refractivity contribution in [3.63, 3.8) is 0 Å². The van der Waals surface area contributed by atoms with Crippen LogP contribution in [0.4, 0.5) is 0 Å². The summed E-state index contributed by atoms with van der Waals surface area (Å²) in [6.07, 6.45) is 5.60. The maximum absolute atomic E-state index is 6.24. The van der Waals surface area contributed by atoms with Crippen LogP contribution in [0.25, 0.3) is 0 Å². The van der Waals surface area contributed by atoms with Crippen LogP contribution in [0.1, 0.15) is 25.7 Å². The maximum Gasteiger partial charge on any atom is 0.251 e. The number of hydrogen-bond acceptors (Lipinski definition) is 0. The van der Waals surface area contributed by atoms with Gasteiger partial charge in [0, 0.05) is 0 Å². The Kier molecular flexibility index (Phi) is 2.02. The van der Waals surface area contributed by atoms with E-state index in [0.717, 1.165) is 11.8 Å². The molecule has 0 radical (unpaired) electrons. The minimum atomic E-state index is -1.83. The van der Waals surface area contributed by atoms with Crippen molar-refractivity contribution < 1.29 is 0 Å². The molecule has 0 nitrogen and oxygen atoms in total. The number of hydrogen-bond donors (Lipinski definition) is 0. The smallest absolute Gasteiger partial charge is 0.146 e. The van der Waals surface area contributed by atoms with E-state index in [4.69, 9.17) is 22.2 Å². The van der Waals surface area contributed by atoms with Gasteiger partial charge in [-0.05, 0) is 36.8 Å². The molecule has 0 N–H and O–H groups in total. The zero-order valence-corrected chi connectivity index (χ0v) is 9.33. The van der Waals surface area contributed by atoms with Crippen molar-refractivity contribution in [2.75, 3.05) is 0 Å². The Labute approximate surface area is 78.7 Å². The third-order valence-corrected chi connectivity index (χ3v) is 7.08. The summed E-state index contributed by atoms with van der Waals surface area (Å²) in [5.74, 6) is 1.88. The lowest BCUT2D eigenvalue weighted by molar-refractivity contribution is 0.475. The first-order valence-electron chi connectivity index (χ1n) is 4.45. The largest absolute Gasteiger partial charge is 0.251 e. The number of rotatable bonds is 1. The summed E-state index contributed by atoms with van der Waals surface area (Å²) < 4.78 is 0. The Hall–Kier alpha value is 0.797. The van der Waals surface area contributed by atoms with Gasteiger partial charge in [-0.2, -0.15) is 0 Å². The monoisotopic (exact) mass is 208 g/mol. The predicted molar refractivity (Wildman–Crippen MR) is 52.5 cm³/mol. The highest BCUT2D eigenvalue weighted by Crippen LogP contribution is 2.57. The van der Waals surface area contributed by atoms with Crippen molar-refractivity contribution in [2.45, 2.75) is 37.8 Å². The molecule has 2 aliphatic carbocycles. The first kappa shape index (κ1) is 8.40. The van der Waals surface area contributed by atoms with Gasteiger partial charge in [-0.3, -0.25) is 0 Å². The molecule has 3 atom stereocenters. The van der Waals surface area contributed by atoms with E-state index in [-0.39, 0.29) is 0 Å². The van der Waals surface area contributed by atoms with Crippen molar-refractivity contribution in [2.24, 2.45) is 11.8 Å². The van der Waals surface area contributed by atoms with Crippen LogP contribution < -0.4 is 0 Å². The Bertz CT molecular complexity index is 164. The van der Waals surface area contributed by atoms with Crippen LogP contribution in [0.3, 0.4) is 0 Å². The van der Waals surface area contributed by atoms with Gasteiger partial charge >= 0.3 is 0 Å². The predicted octanol–water partition coefficient (Wildman–Crippen LogP) is 3.73. The minimum absolute atomic E-state index is 0.713. The number of halogens is 2. The van der Waals surface area contributed by atoms with Gasteiger partial charge in [0.05, 0.1) is 0 Å². The van der Waals surface area contributed by atoms with Gasteiger partial charge in [0.2, 0.25) is 0 Å². The zero-order chi connectivity index (χ0) is 8.06. The summed E-state index contributed by atoms with van der Waals surface area (Å²) >= 11 is 12.5. The van der Waals surface area contributed by atoms with Crippen LogP contribution in [-0.2, 0) is 0 Å². The molecule has 2 fully saturated rings.